The van der Waals surface area contributed by atoms with Crippen molar-refractivity contribution in [2.24, 2.45) is 0 Å². The molecule has 7 heteroatoms. The highest BCUT2D eigenvalue weighted by Gasteiger charge is 2.36. The highest BCUT2D eigenvalue weighted by Crippen LogP contribution is 2.41. The lowest BCUT2D eigenvalue weighted by atomic mass is 9.97. The molecule has 23 heavy (non-hydrogen) atoms. The zero-order valence-electron chi connectivity index (χ0n) is 13.1. The molecular formula is C16H18N2O5. The molecule has 122 valence electrons. The number of rotatable bonds is 4. The van der Waals surface area contributed by atoms with Crippen LogP contribution in [-0.4, -0.2) is 41.6 Å². The summed E-state index contributed by atoms with van der Waals surface area (Å²) in [6.07, 6.45) is 3.09. The molecule has 0 bridgehead atoms. The molecule has 0 aromatic heterocycles. The number of carbonyl (C=O) groups excluding carboxylic acids is 1. The summed E-state index contributed by atoms with van der Waals surface area (Å²) in [4.78, 5) is 24.4. The number of nitrogens with zero attached hydrogens (tertiary/aromatic N) is 2. The second-order valence-corrected chi connectivity index (χ2v) is 5.96. The van der Waals surface area contributed by atoms with Crippen LogP contribution in [0.4, 0.5) is 5.69 Å². The van der Waals surface area contributed by atoms with E-state index in [1.54, 1.807) is 18.1 Å². The monoisotopic (exact) mass is 318 g/mol. The number of likely N-dealkylation sites (tertiary alicyclic amines) is 1. The van der Waals surface area contributed by atoms with E-state index < -0.39 is 10.5 Å². The Labute approximate surface area is 133 Å². The topological polar surface area (TPSA) is 81.9 Å². The van der Waals surface area contributed by atoms with E-state index in [9.17, 15) is 14.9 Å². The molecule has 0 spiro atoms. The van der Waals surface area contributed by atoms with Crippen molar-refractivity contribution in [1.29, 1.82) is 0 Å². The maximum absolute atomic E-state index is 12.2. The molecule has 2 aliphatic rings. The van der Waals surface area contributed by atoms with Gasteiger partial charge in [0.2, 0.25) is 5.91 Å². The summed E-state index contributed by atoms with van der Waals surface area (Å²) in [5, 5.41) is 11.1. The van der Waals surface area contributed by atoms with Gasteiger partial charge in [0.1, 0.15) is 11.4 Å². The number of benzene rings is 1. The first kappa shape index (κ1) is 15.5. The number of carbonyl (C=O) groups is 1. The summed E-state index contributed by atoms with van der Waals surface area (Å²) < 4.78 is 11.2. The van der Waals surface area contributed by atoms with Crippen LogP contribution in [0.2, 0.25) is 0 Å². The molecule has 1 amide bonds. The lowest BCUT2D eigenvalue weighted by molar-refractivity contribution is -0.384. The molecule has 1 aromatic rings. The van der Waals surface area contributed by atoms with Crippen LogP contribution in [0.5, 0.6) is 5.75 Å². The molecule has 1 unspecified atom stereocenters. The van der Waals surface area contributed by atoms with Crippen molar-refractivity contribution in [3.8, 4) is 5.75 Å². The molecule has 1 atom stereocenters. The SMILES string of the molecule is COCC1(C)C=C(N2CCCC2=O)c2cc([N+](=O)[O-])ccc2O1. The Morgan fingerprint density at radius 2 is 2.26 bits per heavy atom. The molecule has 0 N–H and O–H groups in total. The van der Waals surface area contributed by atoms with Gasteiger partial charge in [-0.1, -0.05) is 0 Å². The Balaban J connectivity index is 2.11. The fourth-order valence-electron chi connectivity index (χ4n) is 3.05. The van der Waals surface area contributed by atoms with E-state index in [1.165, 1.54) is 12.1 Å². The number of non-ortho nitro benzene ring substituents is 1. The lowest BCUT2D eigenvalue weighted by Gasteiger charge is -2.35. The number of amides is 1. The van der Waals surface area contributed by atoms with Crippen LogP contribution in [0.15, 0.2) is 24.3 Å². The Kier molecular flexibility index (Phi) is 3.81. The average molecular weight is 318 g/mol. The highest BCUT2D eigenvalue weighted by atomic mass is 16.6. The molecule has 2 heterocycles. The van der Waals surface area contributed by atoms with Crippen LogP contribution in [0.1, 0.15) is 25.3 Å². The van der Waals surface area contributed by atoms with E-state index in [-0.39, 0.29) is 11.6 Å². The smallest absolute Gasteiger partial charge is 0.270 e. The van der Waals surface area contributed by atoms with Crippen LogP contribution in [0.3, 0.4) is 0 Å². The van der Waals surface area contributed by atoms with Crippen LogP contribution in [-0.2, 0) is 9.53 Å². The van der Waals surface area contributed by atoms with E-state index in [0.717, 1.165) is 6.42 Å². The van der Waals surface area contributed by atoms with Crippen molar-refractivity contribution in [2.75, 3.05) is 20.3 Å². The summed E-state index contributed by atoms with van der Waals surface area (Å²) in [6, 6.07) is 4.44. The second-order valence-electron chi connectivity index (χ2n) is 5.96. The average Bonchev–Trinajstić information content (AvgIpc) is 2.92. The minimum absolute atomic E-state index is 0.0235. The molecule has 0 saturated carbocycles. The largest absolute Gasteiger partial charge is 0.480 e. The Hall–Kier alpha value is -2.41. The minimum atomic E-state index is -0.726. The van der Waals surface area contributed by atoms with Crippen LogP contribution in [0.25, 0.3) is 5.70 Å². The van der Waals surface area contributed by atoms with Gasteiger partial charge < -0.3 is 14.4 Å². The first-order chi connectivity index (χ1) is 10.9. The molecule has 7 nitrogen and oxygen atoms in total. The molecule has 2 aliphatic heterocycles. The number of hydrogen-bond acceptors (Lipinski definition) is 5. The molecule has 1 fully saturated rings. The third-order valence-corrected chi connectivity index (χ3v) is 4.03. The number of nitro benzene ring substituents is 1. The van der Waals surface area contributed by atoms with Gasteiger partial charge in [0.25, 0.3) is 5.69 Å². The zero-order chi connectivity index (χ0) is 16.6. The Morgan fingerprint density at radius 1 is 1.48 bits per heavy atom. The van der Waals surface area contributed by atoms with E-state index >= 15 is 0 Å². The standard InChI is InChI=1S/C16H18N2O5/c1-16(10-22-2)9-13(17-7-3-4-15(17)19)12-8-11(18(20)21)5-6-14(12)23-16/h5-6,8-9H,3-4,7,10H2,1-2H3. The van der Waals surface area contributed by atoms with Crippen molar-refractivity contribution in [2.45, 2.75) is 25.4 Å². The van der Waals surface area contributed by atoms with E-state index in [4.69, 9.17) is 9.47 Å². The quantitative estimate of drug-likeness (QED) is 0.629. The van der Waals surface area contributed by atoms with Crippen molar-refractivity contribution < 1.29 is 19.2 Å². The van der Waals surface area contributed by atoms with Crippen molar-refractivity contribution in [3.63, 3.8) is 0 Å². The highest BCUT2D eigenvalue weighted by molar-refractivity contribution is 5.90. The van der Waals surface area contributed by atoms with Gasteiger partial charge in [0.05, 0.1) is 17.2 Å². The Morgan fingerprint density at radius 3 is 2.87 bits per heavy atom. The van der Waals surface area contributed by atoms with E-state index in [0.29, 0.717) is 36.6 Å². The third-order valence-electron chi connectivity index (χ3n) is 4.03. The third kappa shape index (κ3) is 2.79. The van der Waals surface area contributed by atoms with Gasteiger partial charge in [0, 0.05) is 37.8 Å². The number of nitro groups is 1. The first-order valence-corrected chi connectivity index (χ1v) is 7.43. The van der Waals surface area contributed by atoms with Gasteiger partial charge in [-0.25, -0.2) is 0 Å². The summed E-state index contributed by atoms with van der Waals surface area (Å²) in [5.41, 5.74) is 0.482. The van der Waals surface area contributed by atoms with E-state index in [2.05, 4.69) is 0 Å². The van der Waals surface area contributed by atoms with Crippen molar-refractivity contribution in [1.82, 2.24) is 4.90 Å². The van der Waals surface area contributed by atoms with Gasteiger partial charge >= 0.3 is 0 Å². The molecule has 0 radical (unpaired) electrons. The van der Waals surface area contributed by atoms with Gasteiger partial charge in [-0.3, -0.25) is 14.9 Å². The molecular weight excluding hydrogens is 300 g/mol. The maximum atomic E-state index is 12.2. The summed E-state index contributed by atoms with van der Waals surface area (Å²) in [6.45, 7) is 2.78. The van der Waals surface area contributed by atoms with Crippen LogP contribution < -0.4 is 4.74 Å². The first-order valence-electron chi connectivity index (χ1n) is 7.43. The number of fused-ring (bicyclic) bond motifs is 1. The number of ether oxygens (including phenoxy) is 2. The van der Waals surface area contributed by atoms with Crippen LogP contribution >= 0.6 is 0 Å². The summed E-state index contributed by atoms with van der Waals surface area (Å²) in [5.74, 6) is 0.544. The molecule has 1 aromatic carbocycles. The minimum Gasteiger partial charge on any atom is -0.480 e. The van der Waals surface area contributed by atoms with Gasteiger partial charge in [-0.05, 0) is 25.5 Å². The predicted molar refractivity (Wildman–Crippen MR) is 82.9 cm³/mol. The number of hydrogen-bond donors (Lipinski definition) is 0. The van der Waals surface area contributed by atoms with Crippen LogP contribution in [0, 0.1) is 10.1 Å². The number of methoxy groups -OCH3 is 1. The second kappa shape index (κ2) is 5.66. The maximum Gasteiger partial charge on any atom is 0.270 e. The molecule has 0 aliphatic carbocycles. The van der Waals surface area contributed by atoms with Crippen molar-refractivity contribution in [3.05, 3.63) is 40.0 Å². The van der Waals surface area contributed by atoms with Gasteiger partial charge in [0.15, 0.2) is 0 Å². The van der Waals surface area contributed by atoms with Crippen molar-refractivity contribution >= 4 is 17.3 Å². The fourth-order valence-corrected chi connectivity index (χ4v) is 3.05. The van der Waals surface area contributed by atoms with Gasteiger partial charge in [-0.15, -0.1) is 0 Å². The van der Waals surface area contributed by atoms with E-state index in [1.807, 2.05) is 13.0 Å². The predicted octanol–water partition coefficient (Wildman–Crippen LogP) is 2.36. The molecule has 3 rings (SSSR count). The Bertz CT molecular complexity index is 700. The summed E-state index contributed by atoms with van der Waals surface area (Å²) >= 11 is 0. The fraction of sp³-hybridized carbons (Fsp3) is 0.438. The normalized spacial score (nSPS) is 23.3. The molecule has 1 saturated heterocycles. The van der Waals surface area contributed by atoms with Gasteiger partial charge in [-0.2, -0.15) is 0 Å². The summed E-state index contributed by atoms with van der Waals surface area (Å²) in [7, 11) is 1.58. The zero-order valence-corrected chi connectivity index (χ0v) is 13.1. The lowest BCUT2D eigenvalue weighted by Crippen LogP contribution is -2.40.